The van der Waals surface area contributed by atoms with Crippen molar-refractivity contribution in [3.05, 3.63) is 59.4 Å². The Morgan fingerprint density at radius 1 is 1.09 bits per heavy atom. The second-order valence-electron chi connectivity index (χ2n) is 8.96. The van der Waals surface area contributed by atoms with Gasteiger partial charge in [0, 0.05) is 35.1 Å². The molecule has 8 heteroatoms. The number of imidazole rings is 1. The molecule has 0 fully saturated rings. The third-order valence-electron chi connectivity index (χ3n) is 6.29. The lowest BCUT2D eigenvalue weighted by atomic mass is 10.0. The van der Waals surface area contributed by atoms with Crippen LogP contribution in [0.1, 0.15) is 75.2 Å². The van der Waals surface area contributed by atoms with E-state index in [4.69, 9.17) is 0 Å². The van der Waals surface area contributed by atoms with Crippen molar-refractivity contribution in [1.29, 1.82) is 0 Å². The molecule has 1 aliphatic heterocycles. The Morgan fingerprint density at radius 2 is 1.86 bits per heavy atom. The molecule has 35 heavy (non-hydrogen) atoms. The first-order chi connectivity index (χ1) is 17.0. The number of hydrogen-bond acceptors (Lipinski definition) is 6. The molecule has 7 nitrogen and oxygen atoms in total. The van der Waals surface area contributed by atoms with Crippen molar-refractivity contribution in [2.24, 2.45) is 0 Å². The molecule has 0 amide bonds. The zero-order valence-corrected chi connectivity index (χ0v) is 21.3. The number of fused-ring (bicyclic) bond motifs is 2. The molecular weight excluding hydrogens is 458 g/mol. The number of aromatic nitrogens is 4. The van der Waals surface area contributed by atoms with E-state index in [-0.39, 0.29) is 0 Å². The van der Waals surface area contributed by atoms with E-state index in [1.165, 1.54) is 32.1 Å². The van der Waals surface area contributed by atoms with Gasteiger partial charge in [-0.15, -0.1) is 0 Å². The third-order valence-corrected chi connectivity index (χ3v) is 7.36. The van der Waals surface area contributed by atoms with Crippen LogP contribution in [0.2, 0.25) is 0 Å². The van der Waals surface area contributed by atoms with Gasteiger partial charge in [-0.1, -0.05) is 63.3 Å². The molecule has 0 saturated heterocycles. The Kier molecular flexibility index (Phi) is 8.58. The molecule has 1 aromatic carbocycles. The minimum absolute atomic E-state index is 0.432. The minimum Gasteiger partial charge on any atom is -0.478 e. The Morgan fingerprint density at radius 3 is 2.66 bits per heavy atom. The van der Waals surface area contributed by atoms with Crippen molar-refractivity contribution in [3.8, 4) is 0 Å². The van der Waals surface area contributed by atoms with Crippen LogP contribution in [-0.4, -0.2) is 30.6 Å². The van der Waals surface area contributed by atoms with Crippen LogP contribution in [-0.2, 0) is 11.3 Å². The zero-order chi connectivity index (χ0) is 24.6. The number of benzene rings is 1. The summed E-state index contributed by atoms with van der Waals surface area (Å²) >= 11 is 1.61. The third kappa shape index (κ3) is 6.51. The number of anilines is 2. The molecule has 0 atom stereocenters. The maximum absolute atomic E-state index is 11.8. The standard InChI is InChI=1S/C27H33N5O2S/c1-3-4-5-6-7-8-9-10-21(27(33)34)16-22-19(2)32(18-30-22)17-20-11-12-24-23(15-20)31-25-26(35-24)29-14-13-28-25/h11-16,18H,3-10,17H2,1-2H3,(H,28,31)(H,33,34)/b21-16+. The first-order valence-corrected chi connectivity index (χ1v) is 13.2. The first-order valence-electron chi connectivity index (χ1n) is 12.4. The number of nitrogens with one attached hydrogen (secondary N) is 1. The predicted octanol–water partition coefficient (Wildman–Crippen LogP) is 6.85. The number of aliphatic carboxylic acids is 1. The molecule has 184 valence electrons. The molecule has 0 radical (unpaired) electrons. The lowest BCUT2D eigenvalue weighted by molar-refractivity contribution is -0.132. The molecule has 2 aromatic heterocycles. The number of carbonyl (C=O) groups is 1. The van der Waals surface area contributed by atoms with E-state index in [0.717, 1.165) is 51.2 Å². The Labute approximate surface area is 211 Å². The van der Waals surface area contributed by atoms with E-state index in [9.17, 15) is 9.90 Å². The first kappa shape index (κ1) is 25.0. The molecule has 0 bridgehead atoms. The number of nitrogens with zero attached hydrogens (tertiary/aromatic N) is 4. The summed E-state index contributed by atoms with van der Waals surface area (Å²) in [6.07, 6.45) is 15.7. The van der Waals surface area contributed by atoms with Crippen molar-refractivity contribution in [2.75, 3.05) is 5.32 Å². The Bertz CT molecular complexity index is 1200. The maximum Gasteiger partial charge on any atom is 0.331 e. The number of carboxylic acids is 1. The normalized spacial score (nSPS) is 12.7. The van der Waals surface area contributed by atoms with Crippen molar-refractivity contribution in [1.82, 2.24) is 19.5 Å². The second kappa shape index (κ2) is 12.0. The molecular formula is C27H33N5O2S. The molecule has 3 aromatic rings. The highest BCUT2D eigenvalue weighted by molar-refractivity contribution is 7.99. The molecule has 4 rings (SSSR count). The summed E-state index contributed by atoms with van der Waals surface area (Å²) in [5.41, 5.74) is 4.26. The van der Waals surface area contributed by atoms with Gasteiger partial charge in [-0.25, -0.2) is 19.7 Å². The van der Waals surface area contributed by atoms with Gasteiger partial charge in [-0.3, -0.25) is 0 Å². The van der Waals surface area contributed by atoms with Crippen LogP contribution in [0.3, 0.4) is 0 Å². The summed E-state index contributed by atoms with van der Waals surface area (Å²) in [5, 5.41) is 13.9. The van der Waals surface area contributed by atoms with E-state index < -0.39 is 5.97 Å². The highest BCUT2D eigenvalue weighted by Crippen LogP contribution is 2.42. The van der Waals surface area contributed by atoms with Gasteiger partial charge in [0.05, 0.1) is 17.7 Å². The fourth-order valence-electron chi connectivity index (χ4n) is 4.21. The molecule has 0 saturated carbocycles. The average Bonchev–Trinajstić information content (AvgIpc) is 3.19. The molecule has 2 N–H and O–H groups in total. The second-order valence-corrected chi connectivity index (χ2v) is 9.99. The fourth-order valence-corrected chi connectivity index (χ4v) is 5.09. The van der Waals surface area contributed by atoms with Crippen LogP contribution in [0.15, 0.2) is 52.4 Å². The van der Waals surface area contributed by atoms with Crippen LogP contribution in [0, 0.1) is 6.92 Å². The van der Waals surface area contributed by atoms with E-state index in [1.54, 1.807) is 36.6 Å². The molecule has 3 heterocycles. The van der Waals surface area contributed by atoms with Crippen LogP contribution in [0.4, 0.5) is 11.5 Å². The maximum atomic E-state index is 11.8. The van der Waals surface area contributed by atoms with Crippen molar-refractivity contribution >= 4 is 35.3 Å². The van der Waals surface area contributed by atoms with E-state index in [2.05, 4.69) is 50.0 Å². The van der Waals surface area contributed by atoms with Gasteiger partial charge in [0.2, 0.25) is 0 Å². The minimum atomic E-state index is -0.855. The highest BCUT2D eigenvalue weighted by atomic mass is 32.2. The topological polar surface area (TPSA) is 92.9 Å². The summed E-state index contributed by atoms with van der Waals surface area (Å²) in [5.74, 6) is -0.0814. The van der Waals surface area contributed by atoms with Gasteiger partial charge in [-0.05, 0) is 43.5 Å². The summed E-state index contributed by atoms with van der Waals surface area (Å²) in [6.45, 7) is 4.86. The highest BCUT2D eigenvalue weighted by Gasteiger charge is 2.18. The van der Waals surface area contributed by atoms with E-state index in [0.29, 0.717) is 18.5 Å². The van der Waals surface area contributed by atoms with Crippen LogP contribution in [0.5, 0.6) is 0 Å². The predicted molar refractivity (Wildman–Crippen MR) is 140 cm³/mol. The van der Waals surface area contributed by atoms with Crippen LogP contribution >= 0.6 is 11.8 Å². The molecule has 1 aliphatic rings. The summed E-state index contributed by atoms with van der Waals surface area (Å²) in [7, 11) is 0. The Balaban J connectivity index is 1.39. The van der Waals surface area contributed by atoms with E-state index in [1.807, 2.05) is 6.92 Å². The number of hydrogen-bond donors (Lipinski definition) is 2. The van der Waals surface area contributed by atoms with Gasteiger partial charge in [0.25, 0.3) is 0 Å². The fraction of sp³-hybridized carbons (Fsp3) is 0.407. The van der Waals surface area contributed by atoms with E-state index >= 15 is 0 Å². The monoisotopic (exact) mass is 491 g/mol. The number of unbranched alkanes of at least 4 members (excludes halogenated alkanes) is 6. The lowest BCUT2D eigenvalue weighted by Gasteiger charge is -2.19. The lowest BCUT2D eigenvalue weighted by Crippen LogP contribution is -2.06. The summed E-state index contributed by atoms with van der Waals surface area (Å²) in [4.78, 5) is 26.2. The molecule has 0 spiro atoms. The van der Waals surface area contributed by atoms with Crippen LogP contribution in [0.25, 0.3) is 6.08 Å². The zero-order valence-electron chi connectivity index (χ0n) is 20.5. The van der Waals surface area contributed by atoms with Crippen molar-refractivity contribution in [3.63, 3.8) is 0 Å². The molecule has 0 aliphatic carbocycles. The average molecular weight is 492 g/mol. The van der Waals surface area contributed by atoms with Gasteiger partial charge in [0.15, 0.2) is 5.82 Å². The smallest absolute Gasteiger partial charge is 0.331 e. The summed E-state index contributed by atoms with van der Waals surface area (Å²) in [6, 6.07) is 6.32. The SMILES string of the molecule is CCCCCCCCC/C(=C\c1ncn(Cc2ccc3c(c2)Nc2nccnc2S3)c1C)C(=O)O. The number of carboxylic acid groups (broad SMARTS) is 1. The quantitative estimate of drug-likeness (QED) is 0.165. The van der Waals surface area contributed by atoms with Crippen LogP contribution < -0.4 is 5.32 Å². The van der Waals surface area contributed by atoms with Gasteiger partial charge >= 0.3 is 5.97 Å². The number of rotatable bonds is 12. The van der Waals surface area contributed by atoms with Gasteiger partial charge in [-0.2, -0.15) is 0 Å². The summed E-state index contributed by atoms with van der Waals surface area (Å²) < 4.78 is 2.06. The Hall–Kier alpha value is -3.13. The van der Waals surface area contributed by atoms with Crippen molar-refractivity contribution < 1.29 is 9.90 Å². The largest absolute Gasteiger partial charge is 0.478 e. The van der Waals surface area contributed by atoms with Crippen molar-refractivity contribution in [2.45, 2.75) is 81.7 Å². The van der Waals surface area contributed by atoms with Gasteiger partial charge in [0.1, 0.15) is 5.03 Å². The van der Waals surface area contributed by atoms with Gasteiger partial charge < -0.3 is 15.0 Å². The molecule has 0 unspecified atom stereocenters.